The van der Waals surface area contributed by atoms with Crippen LogP contribution >= 0.6 is 27.5 Å². The molecular formula is C11H11BrClNO2. The predicted octanol–water partition coefficient (Wildman–Crippen LogP) is 3.49. The summed E-state index contributed by atoms with van der Waals surface area (Å²) in [5.74, 6) is 0. The highest BCUT2D eigenvalue weighted by Crippen LogP contribution is 2.29. The van der Waals surface area contributed by atoms with E-state index in [1.54, 1.807) is 11.8 Å². The molecule has 1 aromatic rings. The minimum absolute atomic E-state index is 0.370. The molecule has 1 atom stereocenters. The molecule has 2 rings (SSSR count). The van der Waals surface area contributed by atoms with Crippen LogP contribution in [0.5, 0.6) is 0 Å². The number of hydrogen-bond donors (Lipinski definition) is 0. The Morgan fingerprint density at radius 3 is 2.94 bits per heavy atom. The monoisotopic (exact) mass is 303 g/mol. The van der Waals surface area contributed by atoms with Crippen molar-refractivity contribution in [3.63, 3.8) is 0 Å². The van der Waals surface area contributed by atoms with E-state index in [4.69, 9.17) is 16.3 Å². The first kappa shape index (κ1) is 11.7. The first-order valence-corrected chi connectivity index (χ1v) is 6.17. The third-order valence-electron chi connectivity index (χ3n) is 2.45. The highest BCUT2D eigenvalue weighted by molar-refractivity contribution is 9.10. The van der Waals surface area contributed by atoms with Gasteiger partial charge in [-0.05, 0) is 24.1 Å². The normalized spacial score (nSPS) is 15.8. The Balaban J connectivity index is 2.11. The van der Waals surface area contributed by atoms with Gasteiger partial charge < -0.3 is 4.74 Å². The van der Waals surface area contributed by atoms with Gasteiger partial charge in [-0.3, -0.25) is 4.90 Å². The number of nitrogens with zero attached hydrogens (tertiary/aromatic N) is 1. The molecule has 1 aromatic carbocycles. The minimum atomic E-state index is -0.598. The van der Waals surface area contributed by atoms with Crippen molar-refractivity contribution in [1.29, 1.82) is 0 Å². The molecule has 0 bridgehead atoms. The topological polar surface area (TPSA) is 29.5 Å². The second kappa shape index (κ2) is 4.63. The number of benzene rings is 1. The number of alkyl halides is 1. The van der Waals surface area contributed by atoms with Crippen molar-refractivity contribution in [1.82, 2.24) is 4.90 Å². The molecule has 1 aliphatic rings. The number of halogens is 2. The number of carbonyl (C=O) groups excluding carboxylic acids is 1. The Kier molecular flexibility index (Phi) is 3.40. The van der Waals surface area contributed by atoms with Crippen LogP contribution in [0.4, 0.5) is 4.79 Å². The standard InChI is InChI=1S/C11H11BrClNO2/c1-7(13)16-11(15)14-5-8-3-2-4-10(12)9(8)6-14/h2-4,7H,5-6H2,1H3. The van der Waals surface area contributed by atoms with E-state index < -0.39 is 5.56 Å². The lowest BCUT2D eigenvalue weighted by molar-refractivity contribution is 0.0950. The van der Waals surface area contributed by atoms with E-state index in [0.717, 1.165) is 15.6 Å². The van der Waals surface area contributed by atoms with Gasteiger partial charge in [0.1, 0.15) is 0 Å². The number of amides is 1. The largest absolute Gasteiger partial charge is 0.430 e. The summed E-state index contributed by atoms with van der Waals surface area (Å²) in [4.78, 5) is 13.3. The molecule has 16 heavy (non-hydrogen) atoms. The Morgan fingerprint density at radius 1 is 1.56 bits per heavy atom. The highest BCUT2D eigenvalue weighted by Gasteiger charge is 2.26. The Labute approximate surface area is 107 Å². The first-order valence-electron chi connectivity index (χ1n) is 4.94. The molecule has 0 aliphatic carbocycles. The first-order chi connectivity index (χ1) is 7.58. The number of fused-ring (bicyclic) bond motifs is 1. The lowest BCUT2D eigenvalue weighted by atomic mass is 10.1. The molecule has 1 amide bonds. The van der Waals surface area contributed by atoms with E-state index in [2.05, 4.69) is 15.9 Å². The fourth-order valence-electron chi connectivity index (χ4n) is 1.72. The SMILES string of the molecule is CC(Cl)OC(=O)N1Cc2cccc(Br)c2C1. The van der Waals surface area contributed by atoms with Crippen molar-refractivity contribution >= 4 is 33.6 Å². The number of hydrogen-bond acceptors (Lipinski definition) is 2. The summed E-state index contributed by atoms with van der Waals surface area (Å²) in [5, 5.41) is 0. The molecule has 0 spiro atoms. The molecule has 5 heteroatoms. The predicted molar refractivity (Wildman–Crippen MR) is 65.2 cm³/mol. The molecule has 86 valence electrons. The lowest BCUT2D eigenvalue weighted by Gasteiger charge is -2.16. The van der Waals surface area contributed by atoms with E-state index >= 15 is 0 Å². The quantitative estimate of drug-likeness (QED) is 0.743. The van der Waals surface area contributed by atoms with Gasteiger partial charge in [-0.2, -0.15) is 0 Å². The van der Waals surface area contributed by atoms with Crippen LogP contribution in [0, 0.1) is 0 Å². The van der Waals surface area contributed by atoms with Crippen LogP contribution in [0.2, 0.25) is 0 Å². The van der Waals surface area contributed by atoms with Crippen LogP contribution in [-0.2, 0) is 17.8 Å². The molecule has 0 saturated carbocycles. The van der Waals surface area contributed by atoms with Crippen LogP contribution < -0.4 is 0 Å². The van der Waals surface area contributed by atoms with Gasteiger partial charge in [0.15, 0.2) is 5.56 Å². The zero-order chi connectivity index (χ0) is 11.7. The summed E-state index contributed by atoms with van der Waals surface area (Å²) >= 11 is 9.08. The van der Waals surface area contributed by atoms with E-state index in [1.807, 2.05) is 18.2 Å². The Bertz CT molecular complexity index is 422. The summed E-state index contributed by atoms with van der Waals surface area (Å²) in [5.41, 5.74) is 1.69. The van der Waals surface area contributed by atoms with Gasteiger partial charge in [0, 0.05) is 11.0 Å². The molecule has 1 aliphatic heterocycles. The summed E-state index contributed by atoms with van der Waals surface area (Å²) in [7, 11) is 0. The van der Waals surface area contributed by atoms with Crippen molar-refractivity contribution in [3.8, 4) is 0 Å². The minimum Gasteiger partial charge on any atom is -0.430 e. The van der Waals surface area contributed by atoms with E-state index in [-0.39, 0.29) is 6.09 Å². The van der Waals surface area contributed by atoms with Crippen molar-refractivity contribution in [3.05, 3.63) is 33.8 Å². The summed E-state index contributed by atoms with van der Waals surface area (Å²) in [6.45, 7) is 2.77. The van der Waals surface area contributed by atoms with E-state index in [9.17, 15) is 4.79 Å². The van der Waals surface area contributed by atoms with Gasteiger partial charge in [0.05, 0.1) is 6.54 Å². The molecule has 1 heterocycles. The van der Waals surface area contributed by atoms with Gasteiger partial charge in [-0.15, -0.1) is 0 Å². The zero-order valence-electron chi connectivity index (χ0n) is 8.74. The van der Waals surface area contributed by atoms with E-state index in [0.29, 0.717) is 13.1 Å². The smallest absolute Gasteiger partial charge is 0.411 e. The maximum absolute atomic E-state index is 11.6. The molecule has 1 unspecified atom stereocenters. The fraction of sp³-hybridized carbons (Fsp3) is 0.364. The van der Waals surface area contributed by atoms with Crippen LogP contribution in [0.15, 0.2) is 22.7 Å². The lowest BCUT2D eigenvalue weighted by Crippen LogP contribution is -2.27. The van der Waals surface area contributed by atoms with Gasteiger partial charge in [0.2, 0.25) is 0 Å². The molecule has 0 saturated heterocycles. The maximum Gasteiger partial charge on any atom is 0.411 e. The summed E-state index contributed by atoms with van der Waals surface area (Å²) in [6.07, 6.45) is -0.370. The van der Waals surface area contributed by atoms with Crippen LogP contribution in [-0.4, -0.2) is 16.6 Å². The number of carbonyl (C=O) groups is 1. The molecule has 0 N–H and O–H groups in total. The van der Waals surface area contributed by atoms with Crippen LogP contribution in [0.25, 0.3) is 0 Å². The van der Waals surface area contributed by atoms with Crippen molar-refractivity contribution in [2.45, 2.75) is 25.6 Å². The maximum atomic E-state index is 11.6. The molecule has 0 aromatic heterocycles. The third-order valence-corrected chi connectivity index (χ3v) is 3.28. The van der Waals surface area contributed by atoms with Crippen molar-refractivity contribution < 1.29 is 9.53 Å². The van der Waals surface area contributed by atoms with E-state index in [1.165, 1.54) is 0 Å². The van der Waals surface area contributed by atoms with Crippen LogP contribution in [0.1, 0.15) is 18.1 Å². The average Bonchev–Trinajstić information content (AvgIpc) is 2.61. The van der Waals surface area contributed by atoms with Crippen LogP contribution in [0.3, 0.4) is 0 Å². The van der Waals surface area contributed by atoms with Gasteiger partial charge in [-0.25, -0.2) is 4.79 Å². The Hall–Kier alpha value is -0.740. The number of rotatable bonds is 1. The Morgan fingerprint density at radius 2 is 2.31 bits per heavy atom. The second-order valence-corrected chi connectivity index (χ2v) is 5.13. The summed E-state index contributed by atoms with van der Waals surface area (Å²) < 4.78 is 5.97. The molecule has 0 radical (unpaired) electrons. The average molecular weight is 305 g/mol. The van der Waals surface area contributed by atoms with Gasteiger partial charge >= 0.3 is 6.09 Å². The third kappa shape index (κ3) is 2.33. The zero-order valence-corrected chi connectivity index (χ0v) is 11.1. The van der Waals surface area contributed by atoms with Crippen molar-refractivity contribution in [2.24, 2.45) is 0 Å². The van der Waals surface area contributed by atoms with Gasteiger partial charge in [0.25, 0.3) is 0 Å². The molecule has 3 nitrogen and oxygen atoms in total. The van der Waals surface area contributed by atoms with Crippen molar-refractivity contribution in [2.75, 3.05) is 0 Å². The fourth-order valence-corrected chi connectivity index (χ4v) is 2.33. The molecular weight excluding hydrogens is 293 g/mol. The molecule has 0 fully saturated rings. The summed E-state index contributed by atoms with van der Waals surface area (Å²) in [6, 6.07) is 5.94. The highest BCUT2D eigenvalue weighted by atomic mass is 79.9. The number of ether oxygens (including phenoxy) is 1. The van der Waals surface area contributed by atoms with Gasteiger partial charge in [-0.1, -0.05) is 39.7 Å². The second-order valence-electron chi connectivity index (χ2n) is 3.66.